The van der Waals surface area contributed by atoms with Crippen LogP contribution >= 0.6 is 15.9 Å². The number of amides is 1. The Morgan fingerprint density at radius 2 is 2.16 bits per heavy atom. The van der Waals surface area contributed by atoms with Gasteiger partial charge in [-0.2, -0.15) is 0 Å². The first-order valence-corrected chi connectivity index (χ1v) is 7.18. The normalized spacial score (nSPS) is 20.9. The van der Waals surface area contributed by atoms with Gasteiger partial charge in [0.1, 0.15) is 11.4 Å². The quantitative estimate of drug-likeness (QED) is 0.925. The van der Waals surface area contributed by atoms with Crippen LogP contribution in [0.5, 0.6) is 5.75 Å². The number of benzene rings is 1. The lowest BCUT2D eigenvalue weighted by Crippen LogP contribution is -2.64. The Labute approximate surface area is 120 Å². The van der Waals surface area contributed by atoms with Gasteiger partial charge >= 0.3 is 0 Å². The number of β-amino-alcohol motifs (C(OH)–C–C–N with tert-alkyl or cyclic N) is 1. The van der Waals surface area contributed by atoms with Gasteiger partial charge in [0.25, 0.3) is 5.91 Å². The zero-order valence-electron chi connectivity index (χ0n) is 10.7. The van der Waals surface area contributed by atoms with Gasteiger partial charge in [-0.15, -0.1) is 0 Å². The highest BCUT2D eigenvalue weighted by Gasteiger charge is 2.53. The maximum atomic E-state index is 12.3. The minimum absolute atomic E-state index is 0.0336. The topological polar surface area (TPSA) is 49.8 Å². The predicted octanol–water partition coefficient (Wildman–Crippen LogP) is 2.05. The number of aliphatic hydroxyl groups is 1. The van der Waals surface area contributed by atoms with Gasteiger partial charge in [0, 0.05) is 5.56 Å². The van der Waals surface area contributed by atoms with Crippen LogP contribution in [0.2, 0.25) is 0 Å². The number of hydrogen-bond donors (Lipinski definition) is 1. The first-order chi connectivity index (χ1) is 9.03. The van der Waals surface area contributed by atoms with E-state index < -0.39 is 5.60 Å². The van der Waals surface area contributed by atoms with Gasteiger partial charge in [-0.05, 0) is 52.9 Å². The maximum absolute atomic E-state index is 12.3. The molecular formula is C14H16BrNO3. The van der Waals surface area contributed by atoms with E-state index in [-0.39, 0.29) is 5.91 Å². The van der Waals surface area contributed by atoms with Crippen LogP contribution in [0.4, 0.5) is 0 Å². The number of halogens is 1. The number of ether oxygens (including phenoxy) is 1. The molecule has 0 bridgehead atoms. The first-order valence-electron chi connectivity index (χ1n) is 6.39. The summed E-state index contributed by atoms with van der Waals surface area (Å²) < 4.78 is 5.90. The summed E-state index contributed by atoms with van der Waals surface area (Å²) in [6.45, 7) is 0.917. The highest BCUT2D eigenvalue weighted by atomic mass is 79.9. The maximum Gasteiger partial charge on any atom is 0.254 e. The van der Waals surface area contributed by atoms with Crippen LogP contribution < -0.4 is 4.74 Å². The molecule has 0 spiro atoms. The Balaban J connectivity index is 1.70. The summed E-state index contributed by atoms with van der Waals surface area (Å²) in [6.07, 6.45) is 2.18. The molecule has 3 rings (SSSR count). The van der Waals surface area contributed by atoms with Crippen molar-refractivity contribution in [1.82, 2.24) is 4.90 Å². The molecule has 1 aliphatic heterocycles. The van der Waals surface area contributed by atoms with Crippen LogP contribution in [0.15, 0.2) is 22.7 Å². The third-order valence-electron chi connectivity index (χ3n) is 3.95. The molecule has 2 fully saturated rings. The number of carbonyl (C=O) groups excluding carboxylic acids is 1. The number of rotatable bonds is 3. The van der Waals surface area contributed by atoms with E-state index in [1.165, 1.54) is 0 Å². The second-order valence-corrected chi connectivity index (χ2v) is 6.24. The molecule has 2 aliphatic rings. The van der Waals surface area contributed by atoms with Crippen LogP contribution in [0.25, 0.3) is 0 Å². The lowest BCUT2D eigenvalue weighted by Gasteiger charge is -2.47. The zero-order chi connectivity index (χ0) is 13.6. The molecule has 1 saturated heterocycles. The molecule has 1 N–H and O–H groups in total. The number of nitrogens with zero attached hydrogens (tertiary/aromatic N) is 1. The standard InChI is InChI=1S/C14H16BrNO3/c1-19-12-5-2-9(6-11(12)15)13(17)16-7-14(18,8-16)10-3-4-10/h2,5-6,10,18H,3-4,7-8H2,1H3. The van der Waals surface area contributed by atoms with Crippen LogP contribution in [-0.4, -0.2) is 41.7 Å². The van der Waals surface area contributed by atoms with Crippen molar-refractivity contribution in [2.24, 2.45) is 5.92 Å². The van der Waals surface area contributed by atoms with Gasteiger partial charge in [0.05, 0.1) is 24.7 Å². The van der Waals surface area contributed by atoms with E-state index in [4.69, 9.17) is 4.74 Å². The van der Waals surface area contributed by atoms with Gasteiger partial charge < -0.3 is 14.7 Å². The van der Waals surface area contributed by atoms with Gasteiger partial charge in [-0.25, -0.2) is 0 Å². The Morgan fingerprint density at radius 3 is 2.68 bits per heavy atom. The third-order valence-corrected chi connectivity index (χ3v) is 4.57. The fraction of sp³-hybridized carbons (Fsp3) is 0.500. The number of methoxy groups -OCH3 is 1. The molecule has 102 valence electrons. The lowest BCUT2D eigenvalue weighted by atomic mass is 9.88. The molecule has 0 aromatic heterocycles. The number of hydrogen-bond acceptors (Lipinski definition) is 3. The fourth-order valence-electron chi connectivity index (χ4n) is 2.62. The van der Waals surface area contributed by atoms with Crippen molar-refractivity contribution < 1.29 is 14.6 Å². The van der Waals surface area contributed by atoms with Gasteiger partial charge in [-0.1, -0.05) is 0 Å². The first kappa shape index (κ1) is 12.9. The monoisotopic (exact) mass is 325 g/mol. The van der Waals surface area contributed by atoms with Crippen LogP contribution in [-0.2, 0) is 0 Å². The molecular weight excluding hydrogens is 310 g/mol. The Bertz CT molecular complexity index is 521. The SMILES string of the molecule is COc1ccc(C(=O)N2CC(O)(C3CC3)C2)cc1Br. The predicted molar refractivity (Wildman–Crippen MR) is 74.3 cm³/mol. The summed E-state index contributed by atoms with van der Waals surface area (Å²) in [4.78, 5) is 14.0. The minimum atomic E-state index is -0.626. The Hall–Kier alpha value is -1.07. The number of likely N-dealkylation sites (tertiary alicyclic amines) is 1. The smallest absolute Gasteiger partial charge is 0.254 e. The molecule has 0 radical (unpaired) electrons. The van der Waals surface area contributed by atoms with E-state index in [1.54, 1.807) is 30.2 Å². The molecule has 0 atom stereocenters. The average molecular weight is 326 g/mol. The van der Waals surface area contributed by atoms with Crippen molar-refractivity contribution in [2.45, 2.75) is 18.4 Å². The second-order valence-electron chi connectivity index (χ2n) is 5.39. The molecule has 4 nitrogen and oxygen atoms in total. The molecule has 1 heterocycles. The summed E-state index contributed by atoms with van der Waals surface area (Å²) >= 11 is 3.38. The number of carbonyl (C=O) groups is 1. The summed E-state index contributed by atoms with van der Waals surface area (Å²) in [7, 11) is 1.59. The largest absolute Gasteiger partial charge is 0.496 e. The fourth-order valence-corrected chi connectivity index (χ4v) is 3.16. The van der Waals surface area contributed by atoms with Gasteiger partial charge in [0.2, 0.25) is 0 Å². The summed E-state index contributed by atoms with van der Waals surface area (Å²) in [5, 5.41) is 10.2. The summed E-state index contributed by atoms with van der Waals surface area (Å²) in [5.41, 5.74) is -0.00941. The molecule has 0 unspecified atom stereocenters. The highest BCUT2D eigenvalue weighted by Crippen LogP contribution is 2.44. The molecule has 5 heteroatoms. The molecule has 1 aliphatic carbocycles. The third kappa shape index (κ3) is 2.25. The molecule has 1 saturated carbocycles. The van der Waals surface area contributed by atoms with Crippen molar-refractivity contribution in [3.63, 3.8) is 0 Å². The van der Waals surface area contributed by atoms with Gasteiger partial charge in [0.15, 0.2) is 0 Å². The molecule has 1 amide bonds. The Kier molecular flexibility index (Phi) is 3.06. The zero-order valence-corrected chi connectivity index (χ0v) is 12.3. The van der Waals surface area contributed by atoms with E-state index >= 15 is 0 Å². The van der Waals surface area contributed by atoms with Crippen LogP contribution in [0.1, 0.15) is 23.2 Å². The van der Waals surface area contributed by atoms with Gasteiger partial charge in [-0.3, -0.25) is 4.79 Å². The second kappa shape index (κ2) is 4.49. The van der Waals surface area contributed by atoms with Crippen molar-refractivity contribution in [3.05, 3.63) is 28.2 Å². The van der Waals surface area contributed by atoms with Crippen molar-refractivity contribution in [1.29, 1.82) is 0 Å². The minimum Gasteiger partial charge on any atom is -0.496 e. The van der Waals surface area contributed by atoms with Crippen molar-refractivity contribution in [2.75, 3.05) is 20.2 Å². The summed E-state index contributed by atoms with van der Waals surface area (Å²) in [6, 6.07) is 5.28. The van der Waals surface area contributed by atoms with E-state index in [0.29, 0.717) is 30.3 Å². The summed E-state index contributed by atoms with van der Waals surface area (Å²) in [5.74, 6) is 1.07. The lowest BCUT2D eigenvalue weighted by molar-refractivity contribution is -0.0958. The molecule has 1 aromatic carbocycles. The van der Waals surface area contributed by atoms with Crippen molar-refractivity contribution >= 4 is 21.8 Å². The van der Waals surface area contributed by atoms with Crippen LogP contribution in [0.3, 0.4) is 0 Å². The molecule has 19 heavy (non-hydrogen) atoms. The average Bonchev–Trinajstić information content (AvgIpc) is 3.18. The Morgan fingerprint density at radius 1 is 1.47 bits per heavy atom. The van der Waals surface area contributed by atoms with Crippen LogP contribution in [0, 0.1) is 5.92 Å². The van der Waals surface area contributed by atoms with E-state index in [9.17, 15) is 9.90 Å². The highest BCUT2D eigenvalue weighted by molar-refractivity contribution is 9.10. The van der Waals surface area contributed by atoms with E-state index in [1.807, 2.05) is 0 Å². The molecule has 1 aromatic rings. The van der Waals surface area contributed by atoms with E-state index in [2.05, 4.69) is 15.9 Å². The van der Waals surface area contributed by atoms with E-state index in [0.717, 1.165) is 17.3 Å². The van der Waals surface area contributed by atoms with Crippen molar-refractivity contribution in [3.8, 4) is 5.75 Å².